The van der Waals surface area contributed by atoms with Crippen LogP contribution in [-0.2, 0) is 30.5 Å². The summed E-state index contributed by atoms with van der Waals surface area (Å²) in [4.78, 5) is 70.7. The van der Waals surface area contributed by atoms with Crippen molar-refractivity contribution in [3.05, 3.63) is 12.7 Å². The number of nitrogens with one attached hydrogen (secondary N) is 4. The number of nitrogens with zero attached hydrogens (tertiary/aromatic N) is 2. The lowest BCUT2D eigenvalue weighted by Crippen LogP contribution is -2.63. The fourth-order valence-corrected chi connectivity index (χ4v) is 9.06. The number of carbonyl (C=O) groups excluding carboxylic acids is 5. The highest BCUT2D eigenvalue weighted by atomic mass is 32.2. The Morgan fingerprint density at radius 3 is 2.26 bits per heavy atom. The number of hydrogen-bond acceptors (Lipinski definition) is 7. The number of urea groups is 1. The first-order valence-electron chi connectivity index (χ1n) is 18.6. The molecule has 13 heteroatoms. The van der Waals surface area contributed by atoms with E-state index in [0.29, 0.717) is 25.9 Å². The van der Waals surface area contributed by atoms with E-state index in [4.69, 9.17) is 0 Å². The van der Waals surface area contributed by atoms with Gasteiger partial charge in [-0.3, -0.25) is 19.2 Å². The molecule has 0 bridgehead atoms. The van der Waals surface area contributed by atoms with E-state index in [0.717, 1.165) is 57.8 Å². The van der Waals surface area contributed by atoms with Crippen molar-refractivity contribution in [3.8, 4) is 0 Å². The summed E-state index contributed by atoms with van der Waals surface area (Å²) in [6.45, 7) is 14.5. The van der Waals surface area contributed by atoms with E-state index in [1.807, 2.05) is 27.7 Å². The van der Waals surface area contributed by atoms with Crippen LogP contribution in [-0.4, -0.2) is 100 Å². The highest BCUT2D eigenvalue weighted by Crippen LogP contribution is 2.66. The Bertz CT molecular complexity index is 1280. The maximum absolute atomic E-state index is 15.0. The predicted molar refractivity (Wildman–Crippen MR) is 195 cm³/mol. The molecule has 50 heavy (non-hydrogen) atoms. The summed E-state index contributed by atoms with van der Waals surface area (Å²) in [5.41, 5.74) is -0.740. The minimum atomic E-state index is -1.22. The first-order valence-corrected chi connectivity index (χ1v) is 20.1. The van der Waals surface area contributed by atoms with Crippen molar-refractivity contribution in [2.75, 3.05) is 32.9 Å². The molecule has 3 aliphatic carbocycles. The normalized spacial score (nSPS) is 25.9. The highest BCUT2D eigenvalue weighted by Gasteiger charge is 2.64. The van der Waals surface area contributed by atoms with Crippen LogP contribution < -0.4 is 21.3 Å². The van der Waals surface area contributed by atoms with Gasteiger partial charge < -0.3 is 30.7 Å². The molecule has 5 amide bonds. The Morgan fingerprint density at radius 2 is 1.70 bits per heavy atom. The minimum absolute atomic E-state index is 0.0576. The molecule has 1 spiro atoms. The van der Waals surface area contributed by atoms with E-state index in [2.05, 4.69) is 34.8 Å². The Morgan fingerprint density at radius 1 is 1.04 bits per heavy atom. The van der Waals surface area contributed by atoms with Gasteiger partial charge >= 0.3 is 6.03 Å². The SMILES string of the molecule is C=CCNC(=O)C(=O)C(CCC)NC(=O)[C@@H]1[C@H]2CCC3(CC3)[C@H]2CN1C(=O)[C@@H](NC(=O)N[C@H](CN(C)[S+](C)[O-])C(C)(C)C)C1(C)CCCCC1. The second kappa shape index (κ2) is 16.4. The van der Waals surface area contributed by atoms with Gasteiger partial charge in [-0.1, -0.05) is 66.4 Å². The smallest absolute Gasteiger partial charge is 0.315 e. The van der Waals surface area contributed by atoms with Crippen molar-refractivity contribution in [3.63, 3.8) is 0 Å². The van der Waals surface area contributed by atoms with Crippen LogP contribution in [0.2, 0.25) is 0 Å². The number of likely N-dealkylation sites (tertiary alicyclic amines) is 1. The zero-order valence-electron chi connectivity index (χ0n) is 31.4. The van der Waals surface area contributed by atoms with Crippen LogP contribution >= 0.6 is 0 Å². The predicted octanol–water partition coefficient (Wildman–Crippen LogP) is 3.44. The molecule has 2 unspecified atom stereocenters. The lowest BCUT2D eigenvalue weighted by Gasteiger charge is -2.43. The van der Waals surface area contributed by atoms with Crippen LogP contribution in [0.1, 0.15) is 105 Å². The van der Waals surface area contributed by atoms with E-state index in [1.54, 1.807) is 22.5 Å². The monoisotopic (exact) mass is 718 g/mol. The Hall–Kier alpha value is -2.64. The second-order valence-electron chi connectivity index (χ2n) is 16.7. The number of fused-ring (bicyclic) bond motifs is 2. The lowest BCUT2D eigenvalue weighted by molar-refractivity contribution is -0.145. The zero-order chi connectivity index (χ0) is 37.0. The van der Waals surface area contributed by atoms with Gasteiger partial charge in [0.05, 0.1) is 18.6 Å². The first kappa shape index (κ1) is 40.1. The number of carbonyl (C=O) groups is 5. The fraction of sp³-hybridized carbons (Fsp3) is 0.811. The molecule has 3 saturated carbocycles. The molecule has 0 aromatic heterocycles. The Balaban J connectivity index is 1.63. The van der Waals surface area contributed by atoms with Gasteiger partial charge in [-0.15, -0.1) is 10.9 Å². The minimum Gasteiger partial charge on any atom is -0.598 e. The van der Waals surface area contributed by atoms with Crippen LogP contribution in [0.5, 0.6) is 0 Å². The molecule has 4 aliphatic rings. The van der Waals surface area contributed by atoms with Crippen molar-refractivity contribution in [1.29, 1.82) is 0 Å². The number of Topliss-reactive ketones (excluding diaryl/α,β-unsaturated/α-hetero) is 1. The van der Waals surface area contributed by atoms with Crippen LogP contribution in [0, 0.1) is 28.1 Å². The van der Waals surface area contributed by atoms with E-state index < -0.39 is 58.5 Å². The summed E-state index contributed by atoms with van der Waals surface area (Å²) in [5.74, 6) is -2.05. The largest absolute Gasteiger partial charge is 0.598 e. The average molecular weight is 719 g/mol. The van der Waals surface area contributed by atoms with Gasteiger partial charge in [0.25, 0.3) is 5.91 Å². The zero-order valence-corrected chi connectivity index (χ0v) is 32.2. The number of ketones is 1. The second-order valence-corrected chi connectivity index (χ2v) is 18.2. The molecular formula is C37H62N6O6S. The van der Waals surface area contributed by atoms with Crippen molar-refractivity contribution in [2.45, 2.75) is 129 Å². The molecule has 7 atom stereocenters. The van der Waals surface area contributed by atoms with E-state index in [1.165, 1.54) is 6.08 Å². The maximum Gasteiger partial charge on any atom is 0.315 e. The third kappa shape index (κ3) is 9.04. The van der Waals surface area contributed by atoms with Crippen molar-refractivity contribution in [1.82, 2.24) is 30.5 Å². The van der Waals surface area contributed by atoms with Crippen LogP contribution in [0.4, 0.5) is 4.79 Å². The number of hydrogen-bond donors (Lipinski definition) is 4. The van der Waals surface area contributed by atoms with E-state index in [9.17, 15) is 28.5 Å². The first-order chi connectivity index (χ1) is 23.5. The van der Waals surface area contributed by atoms with Gasteiger partial charge in [0.15, 0.2) is 0 Å². The van der Waals surface area contributed by atoms with Gasteiger partial charge in [0.1, 0.15) is 18.3 Å². The van der Waals surface area contributed by atoms with Gasteiger partial charge in [-0.05, 0) is 73.0 Å². The standard InChI is InChI=1S/C37H62N6O6S/c1-9-14-26(29(44)32(46)38-21-10-2)39-31(45)28-24-15-18-37(19-20-37)25(24)22-43(28)33(47)30(36(6)16-12-11-13-17-36)41-34(48)40-27(35(3,4)5)23-42(7)50(8)49/h10,24-28,30H,2,9,11-23H2,1,3-8H3,(H,38,46)(H,39,45)(H2,40,41,48)/t24-,25-,26?,27+,28-,30+,50?/m0/s1. The fourth-order valence-electron chi connectivity index (χ4n) is 8.70. The Kier molecular flexibility index (Phi) is 13.1. The molecule has 1 aliphatic heterocycles. The molecule has 4 rings (SSSR count). The molecule has 0 radical (unpaired) electrons. The van der Waals surface area contributed by atoms with E-state index >= 15 is 0 Å². The van der Waals surface area contributed by atoms with Gasteiger partial charge in [0.2, 0.25) is 17.6 Å². The summed E-state index contributed by atoms with van der Waals surface area (Å²) in [5, 5.41) is 11.6. The highest BCUT2D eigenvalue weighted by molar-refractivity contribution is 7.88. The molecule has 282 valence electrons. The van der Waals surface area contributed by atoms with Crippen molar-refractivity contribution >= 4 is 40.9 Å². The molecule has 0 aromatic rings. The van der Waals surface area contributed by atoms with Gasteiger partial charge in [0, 0.05) is 31.5 Å². The molecule has 12 nitrogen and oxygen atoms in total. The van der Waals surface area contributed by atoms with Gasteiger partial charge in [-0.25, -0.2) is 4.79 Å². The van der Waals surface area contributed by atoms with Crippen LogP contribution in [0.3, 0.4) is 0 Å². The third-order valence-electron chi connectivity index (χ3n) is 12.1. The molecule has 0 aromatic carbocycles. The van der Waals surface area contributed by atoms with Crippen LogP contribution in [0.25, 0.3) is 0 Å². The number of rotatable bonds is 15. The molecule has 4 N–H and O–H groups in total. The van der Waals surface area contributed by atoms with Crippen molar-refractivity contribution < 1.29 is 28.5 Å². The average Bonchev–Trinajstić information content (AvgIpc) is 3.63. The third-order valence-corrected chi connectivity index (χ3v) is 13.2. The number of likely N-dealkylation sites (N-methyl/N-ethyl adjacent to an activating group) is 1. The summed E-state index contributed by atoms with van der Waals surface area (Å²) in [6.07, 6.45) is 12.4. The summed E-state index contributed by atoms with van der Waals surface area (Å²) >= 11 is -1.22. The maximum atomic E-state index is 15.0. The summed E-state index contributed by atoms with van der Waals surface area (Å²) < 4.78 is 13.9. The summed E-state index contributed by atoms with van der Waals surface area (Å²) in [7, 11) is 1.75. The number of amides is 5. The van der Waals surface area contributed by atoms with Gasteiger partial charge in [-0.2, -0.15) is 0 Å². The summed E-state index contributed by atoms with van der Waals surface area (Å²) in [6, 6.07) is -3.51. The topological polar surface area (TPSA) is 163 Å². The van der Waals surface area contributed by atoms with Crippen molar-refractivity contribution in [2.24, 2.45) is 28.1 Å². The molecular weight excluding hydrogens is 657 g/mol. The quantitative estimate of drug-likeness (QED) is 0.115. The molecule has 4 fully saturated rings. The Labute approximate surface area is 302 Å². The van der Waals surface area contributed by atoms with E-state index in [-0.39, 0.29) is 41.2 Å². The van der Waals surface area contributed by atoms with Crippen LogP contribution in [0.15, 0.2) is 12.7 Å². The lowest BCUT2D eigenvalue weighted by atomic mass is 9.70. The molecule has 1 heterocycles. The molecule has 1 saturated heterocycles.